The topological polar surface area (TPSA) is 99.5 Å². The summed E-state index contributed by atoms with van der Waals surface area (Å²) < 4.78 is 18.8. The Hall–Kier alpha value is -3.07. The zero-order chi connectivity index (χ0) is 21.1. The van der Waals surface area contributed by atoms with Crippen molar-refractivity contribution in [1.29, 1.82) is 0 Å². The number of aromatic nitrogens is 3. The summed E-state index contributed by atoms with van der Waals surface area (Å²) in [6.07, 6.45) is 8.04. The lowest BCUT2D eigenvalue weighted by Gasteiger charge is -2.19. The summed E-state index contributed by atoms with van der Waals surface area (Å²) in [6, 6.07) is 3.81. The Morgan fingerprint density at radius 3 is 2.97 bits per heavy atom. The number of pyridine rings is 1. The SMILES string of the molecule is CC(C)(C)OC(=O)Nc1cc(Oc2cn(C3CC3)nc2C2=CCCOCN2)ccn1. The van der Waals surface area contributed by atoms with E-state index in [1.54, 1.807) is 39.1 Å². The van der Waals surface area contributed by atoms with Gasteiger partial charge in [-0.25, -0.2) is 9.78 Å². The van der Waals surface area contributed by atoms with Gasteiger partial charge in [0.1, 0.15) is 23.9 Å². The third kappa shape index (κ3) is 5.29. The molecule has 2 aromatic rings. The molecule has 0 aromatic carbocycles. The van der Waals surface area contributed by atoms with Crippen molar-refractivity contribution in [2.75, 3.05) is 18.7 Å². The highest BCUT2D eigenvalue weighted by molar-refractivity contribution is 5.83. The van der Waals surface area contributed by atoms with Crippen molar-refractivity contribution in [3.8, 4) is 11.5 Å². The minimum Gasteiger partial charge on any atom is -0.453 e. The minimum absolute atomic E-state index is 0.345. The largest absolute Gasteiger partial charge is 0.453 e. The number of rotatable bonds is 5. The van der Waals surface area contributed by atoms with Gasteiger partial charge in [0, 0.05) is 12.3 Å². The van der Waals surface area contributed by atoms with Gasteiger partial charge in [-0.15, -0.1) is 0 Å². The number of nitrogens with one attached hydrogen (secondary N) is 2. The molecule has 2 aromatic heterocycles. The average Bonchev–Trinajstić information content (AvgIpc) is 3.47. The van der Waals surface area contributed by atoms with Crippen LogP contribution in [-0.4, -0.2) is 39.8 Å². The van der Waals surface area contributed by atoms with Gasteiger partial charge in [-0.1, -0.05) is 6.08 Å². The second-order valence-corrected chi connectivity index (χ2v) is 8.29. The van der Waals surface area contributed by atoms with Crippen LogP contribution in [0.4, 0.5) is 10.6 Å². The molecule has 1 amide bonds. The Kier molecular flexibility index (Phi) is 5.63. The van der Waals surface area contributed by atoms with Crippen LogP contribution in [0.2, 0.25) is 0 Å². The van der Waals surface area contributed by atoms with Gasteiger partial charge in [-0.2, -0.15) is 5.10 Å². The van der Waals surface area contributed by atoms with Crippen LogP contribution < -0.4 is 15.4 Å². The van der Waals surface area contributed by atoms with Gasteiger partial charge in [0.25, 0.3) is 0 Å². The van der Waals surface area contributed by atoms with Crippen LogP contribution >= 0.6 is 0 Å². The summed E-state index contributed by atoms with van der Waals surface area (Å²) in [5.41, 5.74) is 1.04. The van der Waals surface area contributed by atoms with Crippen LogP contribution in [0, 0.1) is 0 Å². The summed E-state index contributed by atoms with van der Waals surface area (Å²) in [4.78, 5) is 16.2. The van der Waals surface area contributed by atoms with Crippen LogP contribution in [0.5, 0.6) is 11.5 Å². The average molecular weight is 413 g/mol. The van der Waals surface area contributed by atoms with Crippen molar-refractivity contribution in [3.05, 3.63) is 36.3 Å². The van der Waals surface area contributed by atoms with Crippen LogP contribution in [0.25, 0.3) is 5.70 Å². The molecular formula is C21H27N5O4. The maximum Gasteiger partial charge on any atom is 0.413 e. The molecule has 2 N–H and O–H groups in total. The Morgan fingerprint density at radius 2 is 2.20 bits per heavy atom. The van der Waals surface area contributed by atoms with E-state index in [0.29, 0.717) is 36.7 Å². The summed E-state index contributed by atoms with van der Waals surface area (Å²) in [5, 5.41) is 10.6. The molecule has 1 aliphatic carbocycles. The van der Waals surface area contributed by atoms with Crippen molar-refractivity contribution in [3.63, 3.8) is 0 Å². The van der Waals surface area contributed by atoms with E-state index < -0.39 is 11.7 Å². The number of ether oxygens (including phenoxy) is 3. The van der Waals surface area contributed by atoms with Crippen LogP contribution in [0.15, 0.2) is 30.6 Å². The first kappa shape index (κ1) is 20.2. The lowest BCUT2D eigenvalue weighted by molar-refractivity contribution is 0.0635. The molecule has 1 fully saturated rings. The predicted molar refractivity (Wildman–Crippen MR) is 111 cm³/mol. The van der Waals surface area contributed by atoms with Gasteiger partial charge in [0.15, 0.2) is 11.4 Å². The fraction of sp³-hybridized carbons (Fsp3) is 0.476. The van der Waals surface area contributed by atoms with E-state index in [1.165, 1.54) is 0 Å². The molecule has 0 radical (unpaired) electrons. The second-order valence-electron chi connectivity index (χ2n) is 8.29. The Bertz CT molecular complexity index is 943. The summed E-state index contributed by atoms with van der Waals surface area (Å²) in [7, 11) is 0. The molecule has 0 spiro atoms. The van der Waals surface area contributed by atoms with Crippen LogP contribution in [0.3, 0.4) is 0 Å². The maximum atomic E-state index is 12.0. The second kappa shape index (κ2) is 8.35. The quantitative estimate of drug-likeness (QED) is 0.762. The van der Waals surface area contributed by atoms with E-state index in [-0.39, 0.29) is 0 Å². The number of carbonyl (C=O) groups is 1. The number of hydrogen-bond donors (Lipinski definition) is 2. The first-order valence-electron chi connectivity index (χ1n) is 10.1. The number of nitrogens with zero attached hydrogens (tertiary/aromatic N) is 3. The van der Waals surface area contributed by atoms with Gasteiger partial charge in [0.2, 0.25) is 0 Å². The van der Waals surface area contributed by atoms with Gasteiger partial charge in [-0.05, 0) is 46.1 Å². The molecule has 0 saturated heterocycles. The number of amides is 1. The maximum absolute atomic E-state index is 12.0. The zero-order valence-electron chi connectivity index (χ0n) is 17.5. The predicted octanol–water partition coefficient (Wildman–Crippen LogP) is 4.06. The van der Waals surface area contributed by atoms with Crippen molar-refractivity contribution in [2.24, 2.45) is 0 Å². The number of anilines is 1. The Morgan fingerprint density at radius 1 is 1.37 bits per heavy atom. The van der Waals surface area contributed by atoms with Crippen molar-refractivity contribution in [1.82, 2.24) is 20.1 Å². The molecule has 2 aliphatic rings. The highest BCUT2D eigenvalue weighted by Gasteiger charge is 2.27. The van der Waals surface area contributed by atoms with Crippen molar-refractivity contribution < 1.29 is 19.0 Å². The van der Waals surface area contributed by atoms with Gasteiger partial charge in [0.05, 0.1) is 24.5 Å². The summed E-state index contributed by atoms with van der Waals surface area (Å²) >= 11 is 0. The van der Waals surface area contributed by atoms with E-state index in [0.717, 1.165) is 30.7 Å². The van der Waals surface area contributed by atoms with E-state index in [2.05, 4.69) is 21.7 Å². The first-order valence-corrected chi connectivity index (χ1v) is 10.1. The van der Waals surface area contributed by atoms with E-state index in [9.17, 15) is 4.79 Å². The fourth-order valence-electron chi connectivity index (χ4n) is 2.98. The third-order valence-electron chi connectivity index (χ3n) is 4.44. The molecule has 4 rings (SSSR count). The Balaban J connectivity index is 1.54. The van der Waals surface area contributed by atoms with Gasteiger partial charge < -0.3 is 19.5 Å². The molecular weight excluding hydrogens is 386 g/mol. The molecule has 9 heteroatoms. The minimum atomic E-state index is -0.590. The smallest absolute Gasteiger partial charge is 0.413 e. The number of hydrogen-bond acceptors (Lipinski definition) is 7. The number of carbonyl (C=O) groups excluding carboxylic acids is 1. The lowest BCUT2D eigenvalue weighted by Crippen LogP contribution is -2.27. The third-order valence-corrected chi connectivity index (χ3v) is 4.44. The van der Waals surface area contributed by atoms with Crippen molar-refractivity contribution in [2.45, 2.75) is 51.7 Å². The van der Waals surface area contributed by atoms with Crippen LogP contribution in [0.1, 0.15) is 51.8 Å². The monoisotopic (exact) mass is 413 g/mol. The lowest BCUT2D eigenvalue weighted by atomic mass is 10.2. The van der Waals surface area contributed by atoms with Gasteiger partial charge >= 0.3 is 6.09 Å². The highest BCUT2D eigenvalue weighted by atomic mass is 16.6. The zero-order valence-corrected chi connectivity index (χ0v) is 17.5. The fourth-order valence-corrected chi connectivity index (χ4v) is 2.98. The molecule has 30 heavy (non-hydrogen) atoms. The standard InChI is InChI=1S/C21H27N5O4/c1-21(2,3)30-20(27)24-18-11-15(8-9-22-18)29-17-12-26(14-6-7-14)25-19(17)16-5-4-10-28-13-23-16/h5,8-9,11-12,14,23H,4,6-7,10,13H2,1-3H3,(H,22,24,27). The first-order chi connectivity index (χ1) is 14.4. The normalized spacial score (nSPS) is 16.8. The summed E-state index contributed by atoms with van der Waals surface area (Å²) in [5.74, 6) is 1.52. The van der Waals surface area contributed by atoms with Crippen molar-refractivity contribution >= 4 is 17.6 Å². The van der Waals surface area contributed by atoms with Crippen LogP contribution in [-0.2, 0) is 9.47 Å². The molecule has 0 unspecified atom stereocenters. The molecule has 0 bridgehead atoms. The Labute approximate surface area is 175 Å². The molecule has 1 saturated carbocycles. The van der Waals surface area contributed by atoms with Gasteiger partial charge in [-0.3, -0.25) is 10.00 Å². The molecule has 3 heterocycles. The van der Waals surface area contributed by atoms with E-state index in [1.807, 2.05) is 10.9 Å². The van der Waals surface area contributed by atoms with E-state index in [4.69, 9.17) is 19.3 Å². The summed E-state index contributed by atoms with van der Waals surface area (Å²) in [6.45, 7) is 6.51. The molecule has 0 atom stereocenters. The molecule has 9 nitrogen and oxygen atoms in total. The highest BCUT2D eigenvalue weighted by Crippen LogP contribution is 2.38. The molecule has 1 aliphatic heterocycles. The van der Waals surface area contributed by atoms with E-state index >= 15 is 0 Å². The molecule has 160 valence electrons.